The minimum atomic E-state index is -1.75. The third-order valence-corrected chi connectivity index (χ3v) is 10.7. The number of aliphatic carboxylic acids is 1. The number of nitrogens with one attached hydrogen (secondary N) is 7. The summed E-state index contributed by atoms with van der Waals surface area (Å²) < 4.78 is 6.71. The van der Waals surface area contributed by atoms with Gasteiger partial charge in [0.15, 0.2) is 6.23 Å². The fourth-order valence-electron chi connectivity index (χ4n) is 7.70. The predicted molar refractivity (Wildman–Crippen MR) is 209 cm³/mol. The van der Waals surface area contributed by atoms with Crippen LogP contribution in [0.15, 0.2) is 36.4 Å². The van der Waals surface area contributed by atoms with E-state index in [9.17, 15) is 43.5 Å². The number of rotatable bonds is 14. The molecule has 0 saturated carbocycles. The van der Waals surface area contributed by atoms with E-state index < -0.39 is 115 Å². The van der Waals surface area contributed by atoms with Gasteiger partial charge in [0, 0.05) is 17.2 Å². The summed E-state index contributed by atoms with van der Waals surface area (Å²) in [7, 11) is 0. The van der Waals surface area contributed by atoms with Crippen molar-refractivity contribution >= 4 is 53.0 Å². The number of carboxylic acid groups (broad SMARTS) is 1. The standard InChI is InChI=1S/C39H51N9O11/c1-17-9-22-11-21(31(53)30(37(58)44-15-28(50)45-20(4)33(41)54)48-36(57)26(10-17)46-35(56)19(3)40)12-24-32(22)59-38-39(24,23-7-5-6-8-25(23)47-38)13-18(2)34(55)43-14-27(49)42-16-29(51)52/h5-8,11-12,17-20,26,30-31,38,47,53H,9-10,13-16,40H2,1-4H3,(H2,41,54)(H,42,49)(H,43,55)(H,44,58)(H,45,50)(H,46,56)(H,48,57)(H,51,52)/t17-,18?,19?,20-,26-,30-,31+,38+,39-/m0/s1. The molecule has 2 aromatic carbocycles. The van der Waals surface area contributed by atoms with Crippen molar-refractivity contribution in [2.45, 2.75) is 88.9 Å². The largest absolute Gasteiger partial charge is 0.480 e. The van der Waals surface area contributed by atoms with Crippen molar-refractivity contribution in [1.82, 2.24) is 31.9 Å². The van der Waals surface area contributed by atoms with Gasteiger partial charge in [-0.2, -0.15) is 0 Å². The molecule has 3 aliphatic rings. The molecule has 7 amide bonds. The van der Waals surface area contributed by atoms with Crippen LogP contribution < -0.4 is 53.4 Å². The molecule has 0 fully saturated rings. The molecule has 3 aliphatic heterocycles. The quantitative estimate of drug-likeness (QED) is 0.0940. The number of nitrogens with two attached hydrogens (primary N) is 2. The van der Waals surface area contributed by atoms with E-state index in [1.165, 1.54) is 13.8 Å². The number of amides is 7. The van der Waals surface area contributed by atoms with Crippen LogP contribution in [0.2, 0.25) is 0 Å². The van der Waals surface area contributed by atoms with Crippen molar-refractivity contribution in [1.29, 1.82) is 0 Å². The van der Waals surface area contributed by atoms with Crippen LogP contribution >= 0.6 is 0 Å². The molecule has 2 unspecified atom stereocenters. The van der Waals surface area contributed by atoms with Crippen molar-refractivity contribution < 1.29 is 53.3 Å². The molecule has 13 N–H and O–H groups in total. The van der Waals surface area contributed by atoms with Gasteiger partial charge in [-0.25, -0.2) is 0 Å². The van der Waals surface area contributed by atoms with E-state index in [1.54, 1.807) is 19.1 Å². The highest BCUT2D eigenvalue weighted by Gasteiger charge is 2.57. The molecule has 9 atom stereocenters. The van der Waals surface area contributed by atoms with Crippen molar-refractivity contribution in [3.63, 3.8) is 0 Å². The number of hydrogen-bond acceptors (Lipinski definition) is 12. The van der Waals surface area contributed by atoms with Crippen molar-refractivity contribution in [2.75, 3.05) is 25.0 Å². The summed E-state index contributed by atoms with van der Waals surface area (Å²) in [6, 6.07) is 5.79. The lowest BCUT2D eigenvalue weighted by molar-refractivity contribution is -0.138. The molecule has 0 aliphatic carbocycles. The molecule has 2 bridgehead atoms. The summed E-state index contributed by atoms with van der Waals surface area (Å²) >= 11 is 0. The molecule has 0 aromatic heterocycles. The first kappa shape index (κ1) is 43.8. The number of aliphatic hydroxyl groups excluding tert-OH is 1. The van der Waals surface area contributed by atoms with Gasteiger partial charge in [0.25, 0.3) is 0 Å². The minimum Gasteiger partial charge on any atom is -0.480 e. The highest BCUT2D eigenvalue weighted by Crippen LogP contribution is 2.58. The van der Waals surface area contributed by atoms with Crippen LogP contribution in [0, 0.1) is 11.8 Å². The van der Waals surface area contributed by atoms with Crippen molar-refractivity contribution in [3.05, 3.63) is 58.7 Å². The first-order valence-corrected chi connectivity index (χ1v) is 19.2. The lowest BCUT2D eigenvalue weighted by Gasteiger charge is -2.32. The third kappa shape index (κ3) is 9.71. The van der Waals surface area contributed by atoms with Crippen LogP contribution in [0.3, 0.4) is 0 Å². The SMILES string of the molecule is CC(N)C(=O)N[C@H]1C[C@@H](C)Cc2cc(cc3c2O[C@H]2Nc4ccccc4[C@@]32CC(C)C(=O)NCC(=O)NCC(=O)O)[C@@H](O)[C@@H](C(=O)NCC(=O)N[C@@H](C)C(N)=O)NC1=O. The van der Waals surface area contributed by atoms with Gasteiger partial charge in [0.05, 0.1) is 24.5 Å². The smallest absolute Gasteiger partial charge is 0.322 e. The Morgan fingerprint density at radius 2 is 1.63 bits per heavy atom. The Bertz CT molecular complexity index is 2030. The fourth-order valence-corrected chi connectivity index (χ4v) is 7.70. The average molecular weight is 822 g/mol. The molecule has 0 radical (unpaired) electrons. The Balaban J connectivity index is 1.56. The van der Waals surface area contributed by atoms with Crippen molar-refractivity contribution in [3.8, 4) is 5.75 Å². The fraction of sp³-hybridized carbons (Fsp3) is 0.487. The molecule has 5 rings (SSSR count). The zero-order valence-electron chi connectivity index (χ0n) is 33.0. The Kier molecular flexibility index (Phi) is 13.5. The molecule has 318 valence electrons. The molecule has 2 aromatic rings. The van der Waals surface area contributed by atoms with Gasteiger partial charge in [0.1, 0.15) is 36.5 Å². The van der Waals surface area contributed by atoms with E-state index in [4.69, 9.17) is 21.3 Å². The average Bonchev–Trinajstić information content (AvgIpc) is 3.65. The number of carboxylic acids is 1. The second-order valence-electron chi connectivity index (χ2n) is 15.4. The molecule has 3 heterocycles. The summed E-state index contributed by atoms with van der Waals surface area (Å²) in [5, 5.41) is 39.1. The molecule has 0 saturated heterocycles. The van der Waals surface area contributed by atoms with Crippen LogP contribution in [0.5, 0.6) is 5.75 Å². The highest BCUT2D eigenvalue weighted by atomic mass is 16.5. The number of aliphatic hydroxyl groups is 1. The molecule has 20 heteroatoms. The molecular formula is C39H51N9O11. The molecular weight excluding hydrogens is 770 g/mol. The summed E-state index contributed by atoms with van der Waals surface area (Å²) in [5.74, 6) is -7.00. The molecule has 59 heavy (non-hydrogen) atoms. The van der Waals surface area contributed by atoms with Gasteiger partial charge in [-0.3, -0.25) is 38.4 Å². The molecule has 20 nitrogen and oxygen atoms in total. The number of hydrogen-bond donors (Lipinski definition) is 11. The maximum atomic E-state index is 13.9. The van der Waals surface area contributed by atoms with Crippen LogP contribution in [0.1, 0.15) is 68.9 Å². The minimum absolute atomic E-state index is 0.0774. The van der Waals surface area contributed by atoms with Crippen molar-refractivity contribution in [2.24, 2.45) is 23.3 Å². The van der Waals surface area contributed by atoms with E-state index in [1.807, 2.05) is 31.2 Å². The normalized spacial score (nSPS) is 24.3. The monoisotopic (exact) mass is 821 g/mol. The number of fused-ring (bicyclic) bond motifs is 8. The molecule has 0 spiro atoms. The summed E-state index contributed by atoms with van der Waals surface area (Å²) in [4.78, 5) is 101. The second kappa shape index (κ2) is 18.1. The zero-order chi connectivity index (χ0) is 43.3. The maximum absolute atomic E-state index is 13.9. The lowest BCUT2D eigenvalue weighted by atomic mass is 9.69. The van der Waals surface area contributed by atoms with Gasteiger partial charge in [-0.15, -0.1) is 0 Å². The maximum Gasteiger partial charge on any atom is 0.322 e. The van der Waals surface area contributed by atoms with Gasteiger partial charge < -0.3 is 63.6 Å². The Hall–Kier alpha value is -6.28. The van der Waals surface area contributed by atoms with Crippen LogP contribution in [-0.4, -0.2) is 108 Å². The topological polar surface area (TPSA) is 322 Å². The van der Waals surface area contributed by atoms with E-state index >= 15 is 0 Å². The predicted octanol–water partition coefficient (Wildman–Crippen LogP) is -2.50. The number of anilines is 1. The number of benzene rings is 2. The summed E-state index contributed by atoms with van der Waals surface area (Å²) in [5.41, 5.74) is 12.8. The van der Waals surface area contributed by atoms with Crippen LogP contribution in [-0.2, 0) is 50.2 Å². The first-order chi connectivity index (χ1) is 27.8. The van der Waals surface area contributed by atoms with Crippen LogP contribution in [0.4, 0.5) is 5.69 Å². The van der Waals surface area contributed by atoms with E-state index in [-0.39, 0.29) is 30.7 Å². The van der Waals surface area contributed by atoms with E-state index in [0.29, 0.717) is 16.9 Å². The van der Waals surface area contributed by atoms with Gasteiger partial charge in [0.2, 0.25) is 41.4 Å². The number of ether oxygens (including phenoxy) is 1. The van der Waals surface area contributed by atoms with E-state index in [0.717, 1.165) is 11.3 Å². The van der Waals surface area contributed by atoms with E-state index in [2.05, 4.69) is 37.2 Å². The number of carbonyl (C=O) groups excluding carboxylic acids is 7. The summed E-state index contributed by atoms with van der Waals surface area (Å²) in [6.07, 6.45) is -2.02. The van der Waals surface area contributed by atoms with Gasteiger partial charge >= 0.3 is 5.97 Å². The second-order valence-corrected chi connectivity index (χ2v) is 15.4. The number of primary amides is 1. The Morgan fingerprint density at radius 3 is 2.31 bits per heavy atom. The third-order valence-electron chi connectivity index (χ3n) is 10.7. The highest BCUT2D eigenvalue weighted by molar-refractivity contribution is 5.95. The Morgan fingerprint density at radius 1 is 0.932 bits per heavy atom. The zero-order valence-corrected chi connectivity index (χ0v) is 33.0. The number of para-hydroxylation sites is 1. The van der Waals surface area contributed by atoms with Gasteiger partial charge in [-0.1, -0.05) is 32.0 Å². The first-order valence-electron chi connectivity index (χ1n) is 19.2. The van der Waals surface area contributed by atoms with Gasteiger partial charge in [-0.05, 0) is 73.9 Å². The number of carbonyl (C=O) groups is 8. The summed E-state index contributed by atoms with van der Waals surface area (Å²) in [6.45, 7) is 4.62. The Labute approximate surface area is 339 Å². The lowest BCUT2D eigenvalue weighted by Crippen LogP contribution is -2.58. The van der Waals surface area contributed by atoms with Crippen LogP contribution in [0.25, 0.3) is 0 Å².